The van der Waals surface area contributed by atoms with Gasteiger partial charge in [-0.2, -0.15) is 0 Å². The number of carbonyl (C=O) groups is 1. The number of hydrogen-bond donors (Lipinski definition) is 3. The Morgan fingerprint density at radius 3 is 2.20 bits per heavy atom. The molecule has 1 amide bonds. The first kappa shape index (κ1) is 14.2. The fourth-order valence-corrected chi connectivity index (χ4v) is 1.69. The Bertz CT molecular complexity index is 584. The molecule has 0 atom stereocenters. The van der Waals surface area contributed by atoms with E-state index in [0.29, 0.717) is 17.6 Å². The molecule has 4 nitrogen and oxygen atoms in total. The molecule has 0 heterocycles. The molecule has 2 aromatic rings. The van der Waals surface area contributed by atoms with Crippen molar-refractivity contribution in [3.05, 3.63) is 65.5 Å². The van der Waals surface area contributed by atoms with Gasteiger partial charge in [-0.25, -0.2) is 4.39 Å². The van der Waals surface area contributed by atoms with Crippen molar-refractivity contribution >= 4 is 18.5 Å². The minimum absolute atomic E-state index is 0.284. The van der Waals surface area contributed by atoms with E-state index in [-0.39, 0.29) is 11.7 Å². The Morgan fingerprint density at radius 2 is 1.65 bits per heavy atom. The molecule has 0 bridgehead atoms. The van der Waals surface area contributed by atoms with Crippen molar-refractivity contribution in [2.45, 2.75) is 6.54 Å². The number of rotatable bonds is 4. The Balaban J connectivity index is 1.96. The van der Waals surface area contributed by atoms with Crippen molar-refractivity contribution in [3.63, 3.8) is 0 Å². The Kier molecular flexibility index (Phi) is 4.50. The number of carbonyl (C=O) groups excluding carboxylic acids is 1. The molecule has 0 aliphatic rings. The zero-order valence-electron chi connectivity index (χ0n) is 10.6. The first-order valence-electron chi connectivity index (χ1n) is 6.05. The Morgan fingerprint density at radius 1 is 1.05 bits per heavy atom. The van der Waals surface area contributed by atoms with Crippen molar-refractivity contribution in [1.82, 2.24) is 5.32 Å². The maximum atomic E-state index is 12.7. The van der Waals surface area contributed by atoms with Crippen LogP contribution in [0.3, 0.4) is 0 Å². The van der Waals surface area contributed by atoms with Crippen LogP contribution in [0.5, 0.6) is 0 Å². The molecule has 3 N–H and O–H groups in total. The van der Waals surface area contributed by atoms with Crippen molar-refractivity contribution in [2.75, 3.05) is 0 Å². The smallest absolute Gasteiger partial charge is 0.423 e. The van der Waals surface area contributed by atoms with Gasteiger partial charge in [-0.15, -0.1) is 0 Å². The summed E-state index contributed by atoms with van der Waals surface area (Å²) in [6.07, 6.45) is 0. The number of amides is 1. The molecule has 20 heavy (non-hydrogen) atoms. The molecule has 0 spiro atoms. The van der Waals surface area contributed by atoms with E-state index in [2.05, 4.69) is 5.32 Å². The third kappa shape index (κ3) is 3.66. The minimum Gasteiger partial charge on any atom is -0.423 e. The van der Waals surface area contributed by atoms with Gasteiger partial charge in [0.15, 0.2) is 0 Å². The van der Waals surface area contributed by atoms with E-state index in [1.165, 1.54) is 36.4 Å². The molecular formula is C14H13BFNO3. The van der Waals surface area contributed by atoms with E-state index in [0.717, 1.165) is 5.56 Å². The van der Waals surface area contributed by atoms with Gasteiger partial charge >= 0.3 is 7.12 Å². The van der Waals surface area contributed by atoms with Gasteiger partial charge in [0.1, 0.15) is 5.82 Å². The van der Waals surface area contributed by atoms with Gasteiger partial charge in [0.2, 0.25) is 0 Å². The summed E-state index contributed by atoms with van der Waals surface area (Å²) in [6, 6.07) is 11.8. The van der Waals surface area contributed by atoms with Crippen LogP contribution in [0.15, 0.2) is 48.5 Å². The highest BCUT2D eigenvalue weighted by atomic mass is 19.1. The number of benzene rings is 2. The fraction of sp³-hybridized carbons (Fsp3) is 0.0714. The predicted octanol–water partition coefficient (Wildman–Crippen LogP) is 0.436. The summed E-state index contributed by atoms with van der Waals surface area (Å²) in [6.45, 7) is 0.295. The Labute approximate surface area is 116 Å². The number of halogens is 1. The van der Waals surface area contributed by atoms with E-state index in [1.807, 2.05) is 0 Å². The van der Waals surface area contributed by atoms with Crippen LogP contribution in [0.4, 0.5) is 4.39 Å². The van der Waals surface area contributed by atoms with Gasteiger partial charge in [0.25, 0.3) is 5.91 Å². The molecule has 102 valence electrons. The second-order valence-electron chi connectivity index (χ2n) is 4.30. The molecule has 0 aliphatic carbocycles. The number of hydrogen-bond acceptors (Lipinski definition) is 3. The molecule has 0 fully saturated rings. The molecule has 6 heteroatoms. The lowest BCUT2D eigenvalue weighted by atomic mass is 9.80. The van der Waals surface area contributed by atoms with Gasteiger partial charge in [0.05, 0.1) is 0 Å². The normalized spacial score (nSPS) is 10.2. The van der Waals surface area contributed by atoms with Crippen molar-refractivity contribution in [3.8, 4) is 0 Å². The molecular weight excluding hydrogens is 260 g/mol. The lowest BCUT2D eigenvalue weighted by Crippen LogP contribution is -2.30. The summed E-state index contributed by atoms with van der Waals surface area (Å²) >= 11 is 0. The highest BCUT2D eigenvalue weighted by molar-refractivity contribution is 6.58. The minimum atomic E-state index is -1.55. The van der Waals surface area contributed by atoms with E-state index in [9.17, 15) is 9.18 Å². The zero-order chi connectivity index (χ0) is 14.5. The van der Waals surface area contributed by atoms with Gasteiger partial charge in [-0.3, -0.25) is 4.79 Å². The molecule has 0 saturated heterocycles. The van der Waals surface area contributed by atoms with Crippen LogP contribution in [-0.2, 0) is 6.54 Å². The Hall–Kier alpha value is -2.18. The van der Waals surface area contributed by atoms with Crippen LogP contribution in [0, 0.1) is 5.82 Å². The monoisotopic (exact) mass is 273 g/mol. The lowest BCUT2D eigenvalue weighted by Gasteiger charge is -2.06. The first-order chi connectivity index (χ1) is 9.56. The molecule has 0 radical (unpaired) electrons. The average Bonchev–Trinajstić information content (AvgIpc) is 2.46. The van der Waals surface area contributed by atoms with E-state index in [4.69, 9.17) is 10.0 Å². The molecule has 2 aromatic carbocycles. The maximum Gasteiger partial charge on any atom is 0.488 e. The fourth-order valence-electron chi connectivity index (χ4n) is 1.69. The number of nitrogens with one attached hydrogen (secondary N) is 1. The van der Waals surface area contributed by atoms with E-state index in [1.54, 1.807) is 12.1 Å². The molecule has 0 saturated carbocycles. The van der Waals surface area contributed by atoms with Gasteiger partial charge in [-0.05, 0) is 35.3 Å². The second kappa shape index (κ2) is 6.32. The third-order valence-electron chi connectivity index (χ3n) is 2.84. The molecule has 0 aliphatic heterocycles. The van der Waals surface area contributed by atoms with Crippen molar-refractivity contribution in [1.29, 1.82) is 0 Å². The average molecular weight is 273 g/mol. The summed E-state index contributed by atoms with van der Waals surface area (Å²) in [5.74, 6) is -0.605. The molecule has 0 unspecified atom stereocenters. The summed E-state index contributed by atoms with van der Waals surface area (Å²) in [7, 11) is -1.55. The SMILES string of the molecule is O=C(NCc1ccc(F)cc1)c1ccc(B(O)O)cc1. The van der Waals surface area contributed by atoms with Gasteiger partial charge in [0, 0.05) is 12.1 Å². The standard InChI is InChI=1S/C14H13BFNO3/c16-13-7-1-10(2-8-13)9-17-14(18)11-3-5-12(6-4-11)15(19)20/h1-8,19-20H,9H2,(H,17,18). The summed E-state index contributed by atoms with van der Waals surface area (Å²) < 4.78 is 12.7. The largest absolute Gasteiger partial charge is 0.488 e. The van der Waals surface area contributed by atoms with Gasteiger partial charge in [-0.1, -0.05) is 24.3 Å². The highest BCUT2D eigenvalue weighted by Gasteiger charge is 2.11. The quantitative estimate of drug-likeness (QED) is 0.708. The topological polar surface area (TPSA) is 69.6 Å². The van der Waals surface area contributed by atoms with Crippen LogP contribution < -0.4 is 10.8 Å². The van der Waals surface area contributed by atoms with E-state index < -0.39 is 7.12 Å². The van der Waals surface area contributed by atoms with Crippen LogP contribution in [0.25, 0.3) is 0 Å². The molecule has 2 rings (SSSR count). The molecule has 0 aromatic heterocycles. The first-order valence-corrected chi connectivity index (χ1v) is 6.05. The van der Waals surface area contributed by atoms with Crippen molar-refractivity contribution < 1.29 is 19.2 Å². The zero-order valence-corrected chi connectivity index (χ0v) is 10.6. The van der Waals surface area contributed by atoms with Crippen LogP contribution >= 0.6 is 0 Å². The third-order valence-corrected chi connectivity index (χ3v) is 2.84. The summed E-state index contributed by atoms with van der Waals surface area (Å²) in [5, 5.41) is 20.6. The van der Waals surface area contributed by atoms with Crippen LogP contribution in [0.1, 0.15) is 15.9 Å². The predicted molar refractivity (Wildman–Crippen MR) is 73.8 cm³/mol. The van der Waals surface area contributed by atoms with Crippen LogP contribution in [-0.4, -0.2) is 23.1 Å². The van der Waals surface area contributed by atoms with Crippen molar-refractivity contribution in [2.24, 2.45) is 0 Å². The van der Waals surface area contributed by atoms with Gasteiger partial charge < -0.3 is 15.4 Å². The maximum absolute atomic E-state index is 12.7. The summed E-state index contributed by atoms with van der Waals surface area (Å²) in [4.78, 5) is 11.9. The summed E-state index contributed by atoms with van der Waals surface area (Å²) in [5.41, 5.74) is 1.53. The lowest BCUT2D eigenvalue weighted by molar-refractivity contribution is 0.0951. The highest BCUT2D eigenvalue weighted by Crippen LogP contribution is 2.03. The van der Waals surface area contributed by atoms with E-state index >= 15 is 0 Å². The second-order valence-corrected chi connectivity index (χ2v) is 4.30. The van der Waals surface area contributed by atoms with Crippen LogP contribution in [0.2, 0.25) is 0 Å².